The molecule has 0 unspecified atom stereocenters. The number of benzene rings is 2. The molecule has 140 valence electrons. The van der Waals surface area contributed by atoms with E-state index in [0.29, 0.717) is 35.0 Å². The van der Waals surface area contributed by atoms with Gasteiger partial charge in [-0.1, -0.05) is 11.6 Å². The topological polar surface area (TPSA) is 44.2 Å². The third-order valence-corrected chi connectivity index (χ3v) is 4.13. The second-order valence-corrected chi connectivity index (χ2v) is 5.99. The van der Waals surface area contributed by atoms with E-state index in [1.807, 2.05) is 0 Å². The number of hydrogen-bond acceptors (Lipinski definition) is 4. The van der Waals surface area contributed by atoms with Crippen LogP contribution in [0.15, 0.2) is 30.3 Å². The van der Waals surface area contributed by atoms with E-state index in [4.69, 9.17) is 21.1 Å². The van der Waals surface area contributed by atoms with Gasteiger partial charge < -0.3 is 9.47 Å². The van der Waals surface area contributed by atoms with Gasteiger partial charge in [-0.3, -0.25) is 0 Å². The molecule has 0 fully saturated rings. The van der Waals surface area contributed by atoms with Crippen LogP contribution in [0.1, 0.15) is 5.82 Å². The molecule has 1 heterocycles. The average molecular weight is 395 g/mol. The SMILES string of the molecule is COc1cc(OC)cc(-c2nc(C)nc(Cl)c2-c2c(F)cc(F)cc2F)c1. The fourth-order valence-corrected chi connectivity index (χ4v) is 3.00. The van der Waals surface area contributed by atoms with Crippen LogP contribution in [-0.4, -0.2) is 24.2 Å². The molecule has 0 aliphatic heterocycles. The summed E-state index contributed by atoms with van der Waals surface area (Å²) in [4.78, 5) is 8.29. The van der Waals surface area contributed by atoms with E-state index < -0.39 is 23.0 Å². The normalized spacial score (nSPS) is 10.8. The highest BCUT2D eigenvalue weighted by Crippen LogP contribution is 2.40. The van der Waals surface area contributed by atoms with Gasteiger partial charge in [0.25, 0.3) is 0 Å². The zero-order valence-electron chi connectivity index (χ0n) is 14.6. The minimum atomic E-state index is -1.11. The Labute approximate surface area is 158 Å². The molecule has 27 heavy (non-hydrogen) atoms. The van der Waals surface area contributed by atoms with E-state index in [9.17, 15) is 13.2 Å². The molecule has 0 saturated carbocycles. The number of nitrogens with zero attached hydrogens (tertiary/aromatic N) is 2. The molecule has 3 aromatic rings. The van der Waals surface area contributed by atoms with Gasteiger partial charge in [0.2, 0.25) is 0 Å². The Balaban J connectivity index is 2.37. The van der Waals surface area contributed by atoms with Crippen molar-refractivity contribution in [1.82, 2.24) is 9.97 Å². The summed E-state index contributed by atoms with van der Waals surface area (Å²) in [6.45, 7) is 1.59. The lowest BCUT2D eigenvalue weighted by Crippen LogP contribution is -2.02. The summed E-state index contributed by atoms with van der Waals surface area (Å²) in [5, 5.41) is -0.163. The molecule has 0 radical (unpaired) electrons. The van der Waals surface area contributed by atoms with Crippen molar-refractivity contribution in [2.75, 3.05) is 14.2 Å². The van der Waals surface area contributed by atoms with Gasteiger partial charge >= 0.3 is 0 Å². The van der Waals surface area contributed by atoms with Crippen molar-refractivity contribution in [3.63, 3.8) is 0 Å². The molecule has 0 aliphatic carbocycles. The highest BCUT2D eigenvalue weighted by Gasteiger charge is 2.23. The molecular formula is C19H14ClF3N2O2. The maximum Gasteiger partial charge on any atom is 0.141 e. The summed E-state index contributed by atoms with van der Waals surface area (Å²) < 4.78 is 52.6. The van der Waals surface area contributed by atoms with E-state index in [0.717, 1.165) is 0 Å². The number of rotatable bonds is 4. The molecule has 0 aliphatic rings. The number of aromatic nitrogens is 2. The summed E-state index contributed by atoms with van der Waals surface area (Å²) in [5.41, 5.74) is -0.00315. The van der Waals surface area contributed by atoms with Crippen LogP contribution in [-0.2, 0) is 0 Å². The minimum Gasteiger partial charge on any atom is -0.497 e. The van der Waals surface area contributed by atoms with Gasteiger partial charge in [-0.05, 0) is 19.1 Å². The Bertz CT molecular complexity index is 983. The van der Waals surface area contributed by atoms with Crippen molar-refractivity contribution in [3.05, 3.63) is 58.8 Å². The number of aryl methyl sites for hydroxylation is 1. The molecule has 4 nitrogen and oxygen atoms in total. The number of methoxy groups -OCH3 is 2. The first-order valence-electron chi connectivity index (χ1n) is 7.76. The summed E-state index contributed by atoms with van der Waals surface area (Å²) in [5.74, 6) is -2.08. The molecule has 0 N–H and O–H groups in total. The maximum absolute atomic E-state index is 14.4. The molecule has 0 atom stereocenters. The first-order valence-corrected chi connectivity index (χ1v) is 8.14. The van der Waals surface area contributed by atoms with Gasteiger partial charge in [0.1, 0.15) is 39.9 Å². The predicted molar refractivity (Wildman–Crippen MR) is 95.6 cm³/mol. The minimum absolute atomic E-state index is 0.0902. The van der Waals surface area contributed by atoms with Crippen LogP contribution in [0.2, 0.25) is 5.15 Å². The maximum atomic E-state index is 14.4. The van der Waals surface area contributed by atoms with E-state index in [1.165, 1.54) is 14.2 Å². The van der Waals surface area contributed by atoms with Crippen LogP contribution in [0.4, 0.5) is 13.2 Å². The Kier molecular flexibility index (Phi) is 5.23. The van der Waals surface area contributed by atoms with Crippen LogP contribution in [0.25, 0.3) is 22.4 Å². The Morgan fingerprint density at radius 3 is 1.89 bits per heavy atom. The molecule has 1 aromatic heterocycles. The highest BCUT2D eigenvalue weighted by atomic mass is 35.5. The van der Waals surface area contributed by atoms with Crippen LogP contribution < -0.4 is 9.47 Å². The first kappa shape index (κ1) is 19.0. The molecule has 0 bridgehead atoms. The van der Waals surface area contributed by atoms with Crippen molar-refractivity contribution >= 4 is 11.6 Å². The fraction of sp³-hybridized carbons (Fsp3) is 0.158. The third kappa shape index (κ3) is 3.68. The number of ether oxygens (including phenoxy) is 2. The van der Waals surface area contributed by atoms with E-state index in [2.05, 4.69) is 9.97 Å². The molecular weight excluding hydrogens is 381 g/mol. The predicted octanol–water partition coefficient (Wildman–Crippen LogP) is 5.21. The summed E-state index contributed by atoms with van der Waals surface area (Å²) >= 11 is 6.21. The molecule has 3 rings (SSSR count). The van der Waals surface area contributed by atoms with Crippen LogP contribution in [0, 0.1) is 24.4 Å². The molecule has 0 amide bonds. The lowest BCUT2D eigenvalue weighted by atomic mass is 9.99. The van der Waals surface area contributed by atoms with Crippen molar-refractivity contribution in [3.8, 4) is 33.9 Å². The van der Waals surface area contributed by atoms with Crippen LogP contribution in [0.5, 0.6) is 11.5 Å². The molecule has 0 saturated heterocycles. The first-order chi connectivity index (χ1) is 12.8. The van der Waals surface area contributed by atoms with Gasteiger partial charge in [0, 0.05) is 23.8 Å². The smallest absolute Gasteiger partial charge is 0.141 e. The van der Waals surface area contributed by atoms with Crippen molar-refractivity contribution in [1.29, 1.82) is 0 Å². The van der Waals surface area contributed by atoms with Crippen molar-refractivity contribution in [2.24, 2.45) is 0 Å². The number of hydrogen-bond donors (Lipinski definition) is 0. The Hall–Kier alpha value is -2.80. The number of halogens is 4. The van der Waals surface area contributed by atoms with Gasteiger partial charge in [-0.15, -0.1) is 0 Å². The lowest BCUT2D eigenvalue weighted by molar-refractivity contribution is 0.394. The lowest BCUT2D eigenvalue weighted by Gasteiger charge is -2.15. The molecule has 0 spiro atoms. The van der Waals surface area contributed by atoms with E-state index in [-0.39, 0.29) is 16.4 Å². The summed E-state index contributed by atoms with van der Waals surface area (Å²) in [6.07, 6.45) is 0. The summed E-state index contributed by atoms with van der Waals surface area (Å²) in [6, 6.07) is 6.01. The van der Waals surface area contributed by atoms with Gasteiger partial charge in [-0.25, -0.2) is 23.1 Å². The molecule has 2 aromatic carbocycles. The van der Waals surface area contributed by atoms with Gasteiger partial charge in [-0.2, -0.15) is 0 Å². The van der Waals surface area contributed by atoms with Crippen LogP contribution in [0.3, 0.4) is 0 Å². The quantitative estimate of drug-likeness (QED) is 0.570. The fourth-order valence-electron chi connectivity index (χ4n) is 2.69. The largest absolute Gasteiger partial charge is 0.497 e. The van der Waals surface area contributed by atoms with Crippen molar-refractivity contribution in [2.45, 2.75) is 6.92 Å². The van der Waals surface area contributed by atoms with Gasteiger partial charge in [0.05, 0.1) is 31.0 Å². The van der Waals surface area contributed by atoms with E-state index >= 15 is 0 Å². The third-order valence-electron chi connectivity index (χ3n) is 3.86. The monoisotopic (exact) mass is 394 g/mol. The van der Waals surface area contributed by atoms with E-state index in [1.54, 1.807) is 25.1 Å². The Morgan fingerprint density at radius 1 is 0.815 bits per heavy atom. The standard InChI is InChI=1S/C19H14ClF3N2O2/c1-9-24-18(10-4-12(26-2)8-13(5-10)27-3)17(19(20)25-9)16-14(22)6-11(21)7-15(16)23/h4-8H,1-3H3. The summed E-state index contributed by atoms with van der Waals surface area (Å²) in [7, 11) is 2.94. The second kappa shape index (κ2) is 7.44. The Morgan fingerprint density at radius 2 is 1.37 bits per heavy atom. The average Bonchev–Trinajstić information content (AvgIpc) is 2.61. The molecule has 8 heteroatoms. The van der Waals surface area contributed by atoms with Gasteiger partial charge in [0.15, 0.2) is 0 Å². The zero-order chi connectivity index (χ0) is 19.7. The van der Waals surface area contributed by atoms with Crippen LogP contribution >= 0.6 is 11.6 Å². The highest BCUT2D eigenvalue weighted by molar-refractivity contribution is 6.32. The second-order valence-electron chi connectivity index (χ2n) is 5.63. The zero-order valence-corrected chi connectivity index (χ0v) is 15.4. The van der Waals surface area contributed by atoms with Crippen molar-refractivity contribution < 1.29 is 22.6 Å².